The van der Waals surface area contributed by atoms with Crippen molar-refractivity contribution in [1.82, 2.24) is 19.9 Å². The molecule has 2 aromatic heterocycles. The molecule has 2 aromatic carbocycles. The van der Waals surface area contributed by atoms with E-state index >= 15 is 0 Å². The molecule has 0 amide bonds. The molecular weight excluding hydrogens is 391 g/mol. The highest BCUT2D eigenvalue weighted by Gasteiger charge is 2.26. The molecule has 2 aliphatic heterocycles. The van der Waals surface area contributed by atoms with E-state index in [2.05, 4.69) is 15.2 Å². The average Bonchev–Trinajstić information content (AvgIpc) is 3.51. The van der Waals surface area contributed by atoms with Crippen LogP contribution in [-0.4, -0.2) is 26.7 Å². The minimum atomic E-state index is -0.318. The molecule has 0 fully saturated rings. The Morgan fingerprint density at radius 1 is 1.00 bits per heavy atom. The van der Waals surface area contributed by atoms with Gasteiger partial charge in [-0.25, -0.2) is 4.39 Å². The van der Waals surface area contributed by atoms with E-state index in [9.17, 15) is 4.39 Å². The number of ether oxygens (including phenoxy) is 3. The van der Waals surface area contributed by atoms with Crippen LogP contribution in [0.1, 0.15) is 17.4 Å². The molecule has 0 saturated carbocycles. The molecule has 0 radical (unpaired) electrons. The Labute approximate surface area is 169 Å². The van der Waals surface area contributed by atoms with Gasteiger partial charge in [0.05, 0.1) is 18.8 Å². The van der Waals surface area contributed by atoms with Crippen LogP contribution < -0.4 is 9.47 Å². The Morgan fingerprint density at radius 3 is 2.77 bits per heavy atom. The predicted molar refractivity (Wildman–Crippen MR) is 101 cm³/mol. The molecule has 0 N–H and O–H groups in total. The molecule has 0 bridgehead atoms. The number of fused-ring (bicyclic) bond motifs is 2. The van der Waals surface area contributed by atoms with E-state index in [0.29, 0.717) is 36.1 Å². The van der Waals surface area contributed by atoms with Gasteiger partial charge in [-0.3, -0.25) is 4.68 Å². The van der Waals surface area contributed by atoms with Crippen molar-refractivity contribution in [2.75, 3.05) is 6.79 Å². The summed E-state index contributed by atoms with van der Waals surface area (Å²) in [5.74, 6) is 1.83. The zero-order chi connectivity index (χ0) is 20.1. The number of benzene rings is 2. The van der Waals surface area contributed by atoms with Gasteiger partial charge in [0.25, 0.3) is 5.89 Å². The highest BCUT2D eigenvalue weighted by molar-refractivity contribution is 5.57. The molecule has 4 heterocycles. The number of hydrogen-bond donors (Lipinski definition) is 0. The number of rotatable bonds is 3. The van der Waals surface area contributed by atoms with Crippen molar-refractivity contribution >= 4 is 0 Å². The van der Waals surface area contributed by atoms with Crippen molar-refractivity contribution in [3.05, 3.63) is 65.6 Å². The molecular formula is C21H15FN4O4. The highest BCUT2D eigenvalue weighted by atomic mass is 19.1. The van der Waals surface area contributed by atoms with Crippen LogP contribution in [0.4, 0.5) is 4.39 Å². The highest BCUT2D eigenvalue weighted by Crippen LogP contribution is 2.37. The summed E-state index contributed by atoms with van der Waals surface area (Å²) >= 11 is 0. The Hall–Kier alpha value is -3.72. The van der Waals surface area contributed by atoms with Gasteiger partial charge in [0.2, 0.25) is 12.6 Å². The van der Waals surface area contributed by atoms with Crippen LogP contribution in [-0.2, 0) is 17.9 Å². The van der Waals surface area contributed by atoms with E-state index in [0.717, 1.165) is 22.8 Å². The normalized spacial score (nSPS) is 17.2. The fourth-order valence-electron chi connectivity index (χ4n) is 3.59. The van der Waals surface area contributed by atoms with E-state index < -0.39 is 0 Å². The summed E-state index contributed by atoms with van der Waals surface area (Å²) in [4.78, 5) is 4.39. The fraction of sp³-hybridized carbons (Fsp3) is 0.190. The molecule has 0 saturated heterocycles. The summed E-state index contributed by atoms with van der Waals surface area (Å²) in [7, 11) is 0. The molecule has 150 valence electrons. The Morgan fingerprint density at radius 2 is 1.87 bits per heavy atom. The molecule has 0 spiro atoms. The van der Waals surface area contributed by atoms with Crippen LogP contribution in [0.5, 0.6) is 11.5 Å². The van der Waals surface area contributed by atoms with Gasteiger partial charge in [0.15, 0.2) is 17.2 Å². The Balaban J connectivity index is 1.25. The van der Waals surface area contributed by atoms with Gasteiger partial charge in [0, 0.05) is 5.56 Å². The second-order valence-electron chi connectivity index (χ2n) is 7.05. The summed E-state index contributed by atoms with van der Waals surface area (Å²) in [6, 6.07) is 13.6. The molecule has 9 heteroatoms. The van der Waals surface area contributed by atoms with Crippen LogP contribution in [0, 0.1) is 5.82 Å². The smallest absolute Gasteiger partial charge is 0.278 e. The van der Waals surface area contributed by atoms with Gasteiger partial charge in [-0.2, -0.15) is 10.1 Å². The van der Waals surface area contributed by atoms with Gasteiger partial charge in [-0.05, 0) is 48.0 Å². The second-order valence-corrected chi connectivity index (χ2v) is 7.05. The van der Waals surface area contributed by atoms with Gasteiger partial charge in [-0.1, -0.05) is 11.2 Å². The predicted octanol–water partition coefficient (Wildman–Crippen LogP) is 3.74. The summed E-state index contributed by atoms with van der Waals surface area (Å²) in [6.07, 6.45) is -0.155. The van der Waals surface area contributed by atoms with Gasteiger partial charge < -0.3 is 18.7 Å². The topological polar surface area (TPSA) is 84.4 Å². The van der Waals surface area contributed by atoms with Crippen LogP contribution in [0.3, 0.4) is 0 Å². The maximum atomic E-state index is 13.1. The standard InChI is InChI=1S/C21H15FN4O4/c22-14-4-1-12(2-5-14)20-23-21(30-25-20)16-8-15-10-27-19(9-26(15)24-16)13-3-6-17-18(7-13)29-11-28-17/h1-8,19H,9-11H2/t19-/m0/s1. The van der Waals surface area contributed by atoms with E-state index in [4.69, 9.17) is 18.7 Å². The molecule has 8 nitrogen and oxygen atoms in total. The maximum absolute atomic E-state index is 13.1. The Bertz CT molecular complexity index is 1230. The van der Waals surface area contributed by atoms with Crippen LogP contribution >= 0.6 is 0 Å². The minimum absolute atomic E-state index is 0.155. The van der Waals surface area contributed by atoms with Gasteiger partial charge in [0.1, 0.15) is 11.9 Å². The molecule has 0 aliphatic carbocycles. The van der Waals surface area contributed by atoms with Crippen LogP contribution in [0.2, 0.25) is 0 Å². The zero-order valence-corrected chi connectivity index (χ0v) is 15.6. The first-order valence-electron chi connectivity index (χ1n) is 9.41. The monoisotopic (exact) mass is 406 g/mol. The van der Waals surface area contributed by atoms with Crippen molar-refractivity contribution in [3.63, 3.8) is 0 Å². The quantitative estimate of drug-likeness (QED) is 0.512. The summed E-state index contributed by atoms with van der Waals surface area (Å²) < 4.78 is 37.2. The van der Waals surface area contributed by atoms with E-state index in [1.165, 1.54) is 12.1 Å². The lowest BCUT2D eigenvalue weighted by atomic mass is 10.1. The minimum Gasteiger partial charge on any atom is -0.454 e. The van der Waals surface area contributed by atoms with Crippen molar-refractivity contribution < 1.29 is 23.1 Å². The summed E-state index contributed by atoms with van der Waals surface area (Å²) in [5, 5.41) is 8.59. The zero-order valence-electron chi connectivity index (χ0n) is 15.6. The van der Waals surface area contributed by atoms with Crippen molar-refractivity contribution in [3.8, 4) is 34.5 Å². The third-order valence-electron chi connectivity index (χ3n) is 5.15. The molecule has 6 rings (SSSR count). The second kappa shape index (κ2) is 6.67. The van der Waals surface area contributed by atoms with Crippen molar-refractivity contribution in [2.24, 2.45) is 0 Å². The fourth-order valence-corrected chi connectivity index (χ4v) is 3.59. The van der Waals surface area contributed by atoms with Gasteiger partial charge in [-0.15, -0.1) is 0 Å². The number of hydrogen-bond acceptors (Lipinski definition) is 7. The van der Waals surface area contributed by atoms with E-state index in [1.54, 1.807) is 12.1 Å². The third-order valence-corrected chi connectivity index (χ3v) is 5.15. The van der Waals surface area contributed by atoms with Crippen LogP contribution in [0.25, 0.3) is 23.0 Å². The molecule has 2 aliphatic rings. The lowest BCUT2D eigenvalue weighted by Gasteiger charge is -2.24. The van der Waals surface area contributed by atoms with Crippen LogP contribution in [0.15, 0.2) is 53.1 Å². The first-order chi connectivity index (χ1) is 14.7. The van der Waals surface area contributed by atoms with Gasteiger partial charge >= 0.3 is 0 Å². The number of halogens is 1. The molecule has 1 atom stereocenters. The number of nitrogens with zero attached hydrogens (tertiary/aromatic N) is 4. The maximum Gasteiger partial charge on any atom is 0.278 e. The largest absolute Gasteiger partial charge is 0.454 e. The molecule has 0 unspecified atom stereocenters. The van der Waals surface area contributed by atoms with Crippen molar-refractivity contribution in [2.45, 2.75) is 19.3 Å². The Kier molecular flexibility index (Phi) is 3.81. The van der Waals surface area contributed by atoms with E-state index in [1.807, 2.05) is 28.9 Å². The van der Waals surface area contributed by atoms with Crippen molar-refractivity contribution in [1.29, 1.82) is 0 Å². The summed E-state index contributed by atoms with van der Waals surface area (Å²) in [6.45, 7) is 1.19. The summed E-state index contributed by atoms with van der Waals surface area (Å²) in [5.41, 5.74) is 3.16. The molecule has 4 aromatic rings. The first kappa shape index (κ1) is 17.2. The SMILES string of the molecule is Fc1ccc(-c2noc(-c3cc4n(n3)C[C@@H](c3ccc5c(c3)OCO5)OC4)n2)cc1. The lowest BCUT2D eigenvalue weighted by Crippen LogP contribution is -2.21. The number of aromatic nitrogens is 4. The molecule has 30 heavy (non-hydrogen) atoms. The third kappa shape index (κ3) is 2.91. The van der Waals surface area contributed by atoms with E-state index in [-0.39, 0.29) is 18.7 Å². The lowest BCUT2D eigenvalue weighted by molar-refractivity contribution is -0.00122. The first-order valence-corrected chi connectivity index (χ1v) is 9.41. The average molecular weight is 406 g/mol.